The number of ether oxygens (including phenoxy) is 2. The molecule has 0 saturated heterocycles. The van der Waals surface area contributed by atoms with Gasteiger partial charge in [0, 0.05) is 12.8 Å². The molecule has 0 amide bonds. The van der Waals surface area contributed by atoms with Crippen LogP contribution in [0.4, 0.5) is 0 Å². The van der Waals surface area contributed by atoms with E-state index in [-0.39, 0.29) is 24.4 Å². The van der Waals surface area contributed by atoms with Crippen LogP contribution in [0.25, 0.3) is 0 Å². The summed E-state index contributed by atoms with van der Waals surface area (Å²) in [7, 11) is 0. The van der Waals surface area contributed by atoms with Gasteiger partial charge in [-0.25, -0.2) is 0 Å². The van der Waals surface area contributed by atoms with Gasteiger partial charge in [-0.3, -0.25) is 9.59 Å². The monoisotopic (exact) mass is 612 g/mol. The molecule has 0 aliphatic rings. The van der Waals surface area contributed by atoms with E-state index in [4.69, 9.17) is 21.1 Å². The molecule has 0 aliphatic carbocycles. The van der Waals surface area contributed by atoms with Gasteiger partial charge in [-0.05, 0) is 38.5 Å². The average molecular weight is 613 g/mol. The Morgan fingerprint density at radius 1 is 0.524 bits per heavy atom. The molecule has 0 N–H and O–H groups in total. The largest absolute Gasteiger partial charge is 0.462 e. The number of allylic oxidation sites excluding steroid dienone is 2. The summed E-state index contributed by atoms with van der Waals surface area (Å²) in [5.41, 5.74) is 0. The van der Waals surface area contributed by atoms with E-state index >= 15 is 0 Å². The van der Waals surface area contributed by atoms with Gasteiger partial charge in [-0.15, -0.1) is 11.6 Å². The fraction of sp³-hybridized carbons (Fsp3) is 0.892. The highest BCUT2D eigenvalue weighted by Crippen LogP contribution is 2.14. The predicted molar refractivity (Wildman–Crippen MR) is 181 cm³/mol. The van der Waals surface area contributed by atoms with Gasteiger partial charge >= 0.3 is 11.9 Å². The fourth-order valence-corrected chi connectivity index (χ4v) is 5.39. The number of rotatable bonds is 33. The van der Waals surface area contributed by atoms with Gasteiger partial charge in [0.25, 0.3) is 0 Å². The number of hydrogen-bond donors (Lipinski definition) is 0. The molecule has 0 rings (SSSR count). The minimum absolute atomic E-state index is 0.0545. The van der Waals surface area contributed by atoms with Crippen molar-refractivity contribution in [3.05, 3.63) is 12.2 Å². The van der Waals surface area contributed by atoms with Crippen molar-refractivity contribution in [2.45, 2.75) is 200 Å². The van der Waals surface area contributed by atoms with Gasteiger partial charge in [0.05, 0.1) is 5.88 Å². The molecule has 0 heterocycles. The standard InChI is InChI=1S/C37H69ClO4/c1-3-5-7-9-11-13-15-17-18-20-22-24-26-28-30-32-37(40)42-35(33-38)34-41-36(39)31-29-27-25-23-21-19-16-14-12-10-8-6-4-2/h17-18,35H,3-16,19-34H2,1-2H3/b18-17-/t35-/m1/s1. The van der Waals surface area contributed by atoms with Crippen LogP contribution in [-0.2, 0) is 19.1 Å². The quantitative estimate of drug-likeness (QED) is 0.0320. The molecule has 1 atom stereocenters. The molecule has 0 spiro atoms. The normalized spacial score (nSPS) is 12.2. The predicted octanol–water partition coefficient (Wildman–Crippen LogP) is 12.2. The second kappa shape index (κ2) is 34.5. The zero-order valence-electron chi connectivity index (χ0n) is 28.0. The Morgan fingerprint density at radius 2 is 0.881 bits per heavy atom. The first-order valence-electron chi connectivity index (χ1n) is 18.2. The lowest BCUT2D eigenvalue weighted by Crippen LogP contribution is -2.26. The molecule has 0 aromatic rings. The molecule has 5 heteroatoms. The van der Waals surface area contributed by atoms with E-state index in [0.29, 0.717) is 12.8 Å². The summed E-state index contributed by atoms with van der Waals surface area (Å²) in [6.45, 7) is 4.58. The minimum Gasteiger partial charge on any atom is -0.462 e. The Morgan fingerprint density at radius 3 is 1.29 bits per heavy atom. The number of esters is 2. The van der Waals surface area contributed by atoms with Gasteiger partial charge in [-0.1, -0.05) is 154 Å². The third-order valence-electron chi connectivity index (χ3n) is 8.03. The van der Waals surface area contributed by atoms with Gasteiger partial charge in [0.15, 0.2) is 0 Å². The number of carbonyl (C=O) groups excluding carboxylic acids is 2. The number of unbranched alkanes of at least 4 members (excludes halogenated alkanes) is 23. The molecule has 0 unspecified atom stereocenters. The molecular weight excluding hydrogens is 544 g/mol. The lowest BCUT2D eigenvalue weighted by atomic mass is 10.0. The number of carbonyl (C=O) groups is 2. The lowest BCUT2D eigenvalue weighted by Gasteiger charge is -2.15. The van der Waals surface area contributed by atoms with E-state index in [1.54, 1.807) is 0 Å². The SMILES string of the molecule is CCCCCCCC/C=C\CCCCCCCC(=O)O[C@H](CCl)COC(=O)CCCCCCCCCCCCCCC. The summed E-state index contributed by atoms with van der Waals surface area (Å²) in [6, 6.07) is 0. The highest BCUT2D eigenvalue weighted by atomic mass is 35.5. The van der Waals surface area contributed by atoms with E-state index in [1.165, 1.54) is 128 Å². The van der Waals surface area contributed by atoms with Crippen molar-refractivity contribution in [2.75, 3.05) is 12.5 Å². The second-order valence-corrected chi connectivity index (χ2v) is 12.6. The average Bonchev–Trinajstić information content (AvgIpc) is 2.99. The van der Waals surface area contributed by atoms with Crippen molar-refractivity contribution in [1.29, 1.82) is 0 Å². The first kappa shape index (κ1) is 41.0. The Kier molecular flexibility index (Phi) is 33.6. The molecule has 4 nitrogen and oxygen atoms in total. The van der Waals surface area contributed by atoms with Crippen LogP contribution in [0.1, 0.15) is 194 Å². The summed E-state index contributed by atoms with van der Waals surface area (Å²) < 4.78 is 10.8. The smallest absolute Gasteiger partial charge is 0.306 e. The highest BCUT2D eigenvalue weighted by molar-refractivity contribution is 6.18. The summed E-state index contributed by atoms with van der Waals surface area (Å²) >= 11 is 5.95. The second-order valence-electron chi connectivity index (χ2n) is 12.3. The maximum atomic E-state index is 12.2. The molecule has 42 heavy (non-hydrogen) atoms. The Hall–Kier alpha value is -1.03. The van der Waals surface area contributed by atoms with Crippen molar-refractivity contribution in [3.8, 4) is 0 Å². The molecule has 0 saturated carbocycles. The summed E-state index contributed by atoms with van der Waals surface area (Å²) in [6.07, 6.45) is 37.6. The zero-order valence-corrected chi connectivity index (χ0v) is 28.7. The maximum absolute atomic E-state index is 12.2. The molecule has 0 aromatic heterocycles. The maximum Gasteiger partial charge on any atom is 0.306 e. The van der Waals surface area contributed by atoms with Gasteiger partial charge in [0.2, 0.25) is 0 Å². The fourth-order valence-electron chi connectivity index (χ4n) is 5.24. The first-order valence-corrected chi connectivity index (χ1v) is 18.7. The third kappa shape index (κ3) is 31.9. The zero-order chi connectivity index (χ0) is 30.8. The van der Waals surface area contributed by atoms with Gasteiger partial charge in [-0.2, -0.15) is 0 Å². The Bertz CT molecular complexity index is 607. The van der Waals surface area contributed by atoms with E-state index in [0.717, 1.165) is 38.5 Å². The summed E-state index contributed by atoms with van der Waals surface area (Å²) in [4.78, 5) is 24.2. The third-order valence-corrected chi connectivity index (χ3v) is 8.37. The van der Waals surface area contributed by atoms with Crippen LogP contribution < -0.4 is 0 Å². The van der Waals surface area contributed by atoms with E-state index in [1.807, 2.05) is 0 Å². The van der Waals surface area contributed by atoms with E-state index in [2.05, 4.69) is 26.0 Å². The summed E-state index contributed by atoms with van der Waals surface area (Å²) in [5, 5.41) is 0. The molecular formula is C37H69ClO4. The molecule has 0 aliphatic heterocycles. The molecule has 248 valence electrons. The van der Waals surface area contributed by atoms with Crippen LogP contribution in [0.15, 0.2) is 12.2 Å². The van der Waals surface area contributed by atoms with Crippen molar-refractivity contribution >= 4 is 23.5 Å². The highest BCUT2D eigenvalue weighted by Gasteiger charge is 2.16. The van der Waals surface area contributed by atoms with Crippen LogP contribution in [-0.4, -0.2) is 30.5 Å². The Labute approximate surface area is 266 Å². The number of halogens is 1. The molecule has 0 aromatic carbocycles. The van der Waals surface area contributed by atoms with Crippen molar-refractivity contribution in [3.63, 3.8) is 0 Å². The van der Waals surface area contributed by atoms with E-state index < -0.39 is 6.10 Å². The van der Waals surface area contributed by atoms with Crippen molar-refractivity contribution < 1.29 is 19.1 Å². The molecule has 0 radical (unpaired) electrons. The van der Waals surface area contributed by atoms with Gasteiger partial charge in [0.1, 0.15) is 12.7 Å². The molecule has 0 fully saturated rings. The lowest BCUT2D eigenvalue weighted by molar-refractivity contribution is -0.157. The summed E-state index contributed by atoms with van der Waals surface area (Å²) in [5.74, 6) is -0.322. The minimum atomic E-state index is -0.558. The van der Waals surface area contributed by atoms with Crippen LogP contribution >= 0.6 is 11.6 Å². The van der Waals surface area contributed by atoms with Crippen molar-refractivity contribution in [1.82, 2.24) is 0 Å². The first-order chi connectivity index (χ1) is 20.6. The van der Waals surface area contributed by atoms with Crippen molar-refractivity contribution in [2.24, 2.45) is 0 Å². The Balaban J connectivity index is 3.55. The topological polar surface area (TPSA) is 52.6 Å². The van der Waals surface area contributed by atoms with E-state index in [9.17, 15) is 9.59 Å². The van der Waals surface area contributed by atoms with Crippen LogP contribution in [0.3, 0.4) is 0 Å². The molecule has 0 bridgehead atoms. The number of alkyl halides is 1. The van der Waals surface area contributed by atoms with Crippen LogP contribution in [0, 0.1) is 0 Å². The number of hydrogen-bond acceptors (Lipinski definition) is 4. The van der Waals surface area contributed by atoms with Gasteiger partial charge < -0.3 is 9.47 Å². The van der Waals surface area contributed by atoms with Crippen LogP contribution in [0.5, 0.6) is 0 Å². The van der Waals surface area contributed by atoms with Crippen LogP contribution in [0.2, 0.25) is 0 Å².